The van der Waals surface area contributed by atoms with E-state index in [1.165, 1.54) is 0 Å². The third-order valence-electron chi connectivity index (χ3n) is 5.21. The predicted molar refractivity (Wildman–Crippen MR) is 97.0 cm³/mol. The molecule has 1 saturated heterocycles. The fourth-order valence-corrected chi connectivity index (χ4v) is 3.88. The number of nitrogens with zero attached hydrogens (tertiary/aromatic N) is 1. The second-order valence-corrected chi connectivity index (χ2v) is 7.49. The molecule has 24 heavy (non-hydrogen) atoms. The van der Waals surface area contributed by atoms with Gasteiger partial charge in [-0.05, 0) is 63.6 Å². The van der Waals surface area contributed by atoms with Crippen molar-refractivity contribution >= 4 is 11.4 Å². The molecule has 3 rings (SSSR count). The van der Waals surface area contributed by atoms with E-state index in [1.807, 2.05) is 12.1 Å². The Morgan fingerprint density at radius 1 is 1.17 bits per heavy atom. The Labute approximate surface area is 144 Å². The summed E-state index contributed by atoms with van der Waals surface area (Å²) >= 11 is 0. The van der Waals surface area contributed by atoms with Crippen molar-refractivity contribution in [1.82, 2.24) is 0 Å². The fourth-order valence-electron chi connectivity index (χ4n) is 3.88. The molecule has 2 atom stereocenters. The highest BCUT2D eigenvalue weighted by Gasteiger charge is 2.23. The van der Waals surface area contributed by atoms with Gasteiger partial charge in [-0.2, -0.15) is 0 Å². The number of hydrogen-bond donors (Lipinski definition) is 2. The molecular formula is C19H30FN3O. The van der Waals surface area contributed by atoms with Crippen LogP contribution >= 0.6 is 0 Å². The zero-order chi connectivity index (χ0) is 17.1. The van der Waals surface area contributed by atoms with Crippen LogP contribution in [-0.2, 0) is 4.74 Å². The molecule has 134 valence electrons. The standard InChI is InChI=1S/C19H30FN3O/c1-13-11-23(12-14(2)24-13)17-7-8-19(18(20)9-17)22-10-15-3-5-16(21)6-4-15/h7-9,13-16,22H,3-6,10-12,21H2,1-2H3/t13-,14-,15?,16?/m1/s1. The molecule has 0 spiro atoms. The van der Waals surface area contributed by atoms with Crippen molar-refractivity contribution in [2.24, 2.45) is 11.7 Å². The van der Waals surface area contributed by atoms with Gasteiger partial charge in [-0.15, -0.1) is 0 Å². The summed E-state index contributed by atoms with van der Waals surface area (Å²) in [7, 11) is 0. The van der Waals surface area contributed by atoms with Gasteiger partial charge in [-0.25, -0.2) is 4.39 Å². The number of halogens is 1. The monoisotopic (exact) mass is 335 g/mol. The molecule has 4 nitrogen and oxygen atoms in total. The number of benzene rings is 1. The summed E-state index contributed by atoms with van der Waals surface area (Å²) in [5.74, 6) is 0.427. The molecular weight excluding hydrogens is 305 g/mol. The maximum atomic E-state index is 14.5. The van der Waals surface area contributed by atoms with Crippen LogP contribution in [0.3, 0.4) is 0 Å². The number of ether oxygens (including phenoxy) is 1. The van der Waals surface area contributed by atoms with Crippen LogP contribution in [-0.4, -0.2) is 37.9 Å². The summed E-state index contributed by atoms with van der Waals surface area (Å²) in [6.07, 6.45) is 4.79. The smallest absolute Gasteiger partial charge is 0.148 e. The lowest BCUT2D eigenvalue weighted by molar-refractivity contribution is -0.00523. The number of nitrogens with one attached hydrogen (secondary N) is 1. The summed E-state index contributed by atoms with van der Waals surface area (Å²) < 4.78 is 20.2. The second-order valence-electron chi connectivity index (χ2n) is 7.49. The van der Waals surface area contributed by atoms with E-state index < -0.39 is 0 Å². The van der Waals surface area contributed by atoms with Gasteiger partial charge in [0.2, 0.25) is 0 Å². The van der Waals surface area contributed by atoms with Crippen molar-refractivity contribution in [2.75, 3.05) is 29.9 Å². The molecule has 1 aliphatic heterocycles. The van der Waals surface area contributed by atoms with E-state index in [-0.39, 0.29) is 18.0 Å². The summed E-state index contributed by atoms with van der Waals surface area (Å²) in [5.41, 5.74) is 7.48. The van der Waals surface area contributed by atoms with E-state index in [9.17, 15) is 4.39 Å². The zero-order valence-electron chi connectivity index (χ0n) is 14.8. The van der Waals surface area contributed by atoms with Gasteiger partial charge < -0.3 is 20.7 Å². The Morgan fingerprint density at radius 2 is 1.83 bits per heavy atom. The van der Waals surface area contributed by atoms with Gasteiger partial charge in [0.15, 0.2) is 0 Å². The van der Waals surface area contributed by atoms with Crippen LogP contribution < -0.4 is 16.0 Å². The Bertz CT molecular complexity index is 535. The molecule has 0 radical (unpaired) electrons. The maximum Gasteiger partial charge on any atom is 0.148 e. The molecule has 1 heterocycles. The van der Waals surface area contributed by atoms with Crippen molar-refractivity contribution in [3.63, 3.8) is 0 Å². The summed E-state index contributed by atoms with van der Waals surface area (Å²) in [5, 5.41) is 3.29. The first-order valence-electron chi connectivity index (χ1n) is 9.20. The van der Waals surface area contributed by atoms with E-state index >= 15 is 0 Å². The van der Waals surface area contributed by atoms with Gasteiger partial charge in [-0.3, -0.25) is 0 Å². The van der Waals surface area contributed by atoms with Crippen molar-refractivity contribution in [2.45, 2.75) is 57.8 Å². The normalized spacial score (nSPS) is 31.1. The van der Waals surface area contributed by atoms with E-state index in [4.69, 9.17) is 10.5 Å². The fraction of sp³-hybridized carbons (Fsp3) is 0.684. The highest BCUT2D eigenvalue weighted by atomic mass is 19.1. The minimum atomic E-state index is -0.174. The van der Waals surface area contributed by atoms with Crippen LogP contribution in [0.1, 0.15) is 39.5 Å². The summed E-state index contributed by atoms with van der Waals surface area (Å²) in [4.78, 5) is 2.20. The Morgan fingerprint density at radius 3 is 2.46 bits per heavy atom. The molecule has 0 aromatic heterocycles. The van der Waals surface area contributed by atoms with Gasteiger partial charge in [0.05, 0.1) is 17.9 Å². The summed E-state index contributed by atoms with van der Waals surface area (Å²) in [6.45, 7) is 6.56. The third-order valence-corrected chi connectivity index (χ3v) is 5.21. The first-order chi connectivity index (χ1) is 11.5. The molecule has 5 heteroatoms. The SMILES string of the molecule is C[C@@H]1CN(c2ccc(NCC3CCC(N)CC3)c(F)c2)C[C@@H](C)O1. The van der Waals surface area contributed by atoms with Crippen LogP contribution in [0.2, 0.25) is 0 Å². The molecule has 1 saturated carbocycles. The van der Waals surface area contributed by atoms with Gasteiger partial charge in [0, 0.05) is 31.4 Å². The number of morpholine rings is 1. The second kappa shape index (κ2) is 7.70. The van der Waals surface area contributed by atoms with Crippen LogP contribution in [0.4, 0.5) is 15.8 Å². The van der Waals surface area contributed by atoms with E-state index in [1.54, 1.807) is 6.07 Å². The number of rotatable bonds is 4. The van der Waals surface area contributed by atoms with E-state index in [0.29, 0.717) is 17.6 Å². The van der Waals surface area contributed by atoms with Crippen molar-refractivity contribution in [3.05, 3.63) is 24.0 Å². The van der Waals surface area contributed by atoms with Crippen LogP contribution in [0.25, 0.3) is 0 Å². The van der Waals surface area contributed by atoms with Crippen molar-refractivity contribution < 1.29 is 9.13 Å². The van der Waals surface area contributed by atoms with Gasteiger partial charge in [0.1, 0.15) is 5.82 Å². The Hall–Kier alpha value is -1.33. The average Bonchev–Trinajstić information content (AvgIpc) is 2.54. The lowest BCUT2D eigenvalue weighted by Gasteiger charge is -2.37. The molecule has 0 unspecified atom stereocenters. The van der Waals surface area contributed by atoms with E-state index in [0.717, 1.165) is 51.0 Å². The topological polar surface area (TPSA) is 50.5 Å². The van der Waals surface area contributed by atoms with Gasteiger partial charge in [-0.1, -0.05) is 0 Å². The van der Waals surface area contributed by atoms with Crippen LogP contribution in [0, 0.1) is 11.7 Å². The lowest BCUT2D eigenvalue weighted by atomic mass is 9.86. The first kappa shape index (κ1) is 17.5. The molecule has 0 amide bonds. The number of nitrogens with two attached hydrogens (primary N) is 1. The van der Waals surface area contributed by atoms with Crippen molar-refractivity contribution in [1.29, 1.82) is 0 Å². The number of anilines is 2. The zero-order valence-corrected chi connectivity index (χ0v) is 14.8. The minimum Gasteiger partial charge on any atom is -0.382 e. The minimum absolute atomic E-state index is 0.173. The molecule has 0 bridgehead atoms. The Balaban J connectivity index is 1.58. The third kappa shape index (κ3) is 4.39. The largest absolute Gasteiger partial charge is 0.382 e. The van der Waals surface area contributed by atoms with Gasteiger partial charge >= 0.3 is 0 Å². The quantitative estimate of drug-likeness (QED) is 0.886. The maximum absolute atomic E-state index is 14.5. The van der Waals surface area contributed by atoms with E-state index in [2.05, 4.69) is 24.1 Å². The summed E-state index contributed by atoms with van der Waals surface area (Å²) in [6, 6.07) is 5.87. The lowest BCUT2D eigenvalue weighted by Crippen LogP contribution is -2.45. The average molecular weight is 335 g/mol. The predicted octanol–water partition coefficient (Wildman–Crippen LogP) is 3.37. The van der Waals surface area contributed by atoms with Gasteiger partial charge in [0.25, 0.3) is 0 Å². The first-order valence-corrected chi connectivity index (χ1v) is 9.20. The Kier molecular flexibility index (Phi) is 5.61. The highest BCUT2D eigenvalue weighted by Crippen LogP contribution is 2.27. The highest BCUT2D eigenvalue weighted by molar-refractivity contribution is 5.56. The van der Waals surface area contributed by atoms with Crippen molar-refractivity contribution in [3.8, 4) is 0 Å². The molecule has 3 N–H and O–H groups in total. The van der Waals surface area contributed by atoms with Crippen LogP contribution in [0.5, 0.6) is 0 Å². The van der Waals surface area contributed by atoms with Crippen LogP contribution in [0.15, 0.2) is 18.2 Å². The molecule has 2 aliphatic rings. The molecule has 1 aliphatic carbocycles. The molecule has 1 aromatic carbocycles. The molecule has 1 aromatic rings. The number of hydrogen-bond acceptors (Lipinski definition) is 4. The molecule has 2 fully saturated rings.